The Bertz CT molecular complexity index is 734. The summed E-state index contributed by atoms with van der Waals surface area (Å²) in [6, 6.07) is 13.4. The number of nitrogens with zero attached hydrogens (tertiary/aromatic N) is 3. The van der Waals surface area contributed by atoms with Gasteiger partial charge < -0.3 is 9.80 Å². The molecular weight excluding hydrogens is 334 g/mol. The standard InChI is InChI=1S/C19H21N3O2S/c1-15(23)21-11-4-12-22(14-13-21)19(24)16-6-8-17(9-7-16)25-18-5-2-3-10-20-18/h2-3,5-10H,4,11-14H2,1H3. The summed E-state index contributed by atoms with van der Waals surface area (Å²) in [7, 11) is 0. The van der Waals surface area contributed by atoms with Crippen molar-refractivity contribution in [1.29, 1.82) is 0 Å². The van der Waals surface area contributed by atoms with Gasteiger partial charge in [0.2, 0.25) is 5.91 Å². The zero-order chi connectivity index (χ0) is 17.6. The molecule has 2 amide bonds. The van der Waals surface area contributed by atoms with Crippen molar-refractivity contribution >= 4 is 23.6 Å². The van der Waals surface area contributed by atoms with E-state index in [1.54, 1.807) is 29.8 Å². The molecule has 6 heteroatoms. The molecule has 0 unspecified atom stereocenters. The summed E-state index contributed by atoms with van der Waals surface area (Å²) in [5, 5.41) is 0.929. The van der Waals surface area contributed by atoms with Crippen LogP contribution in [0.5, 0.6) is 0 Å². The van der Waals surface area contributed by atoms with Crippen molar-refractivity contribution in [2.75, 3.05) is 26.2 Å². The van der Waals surface area contributed by atoms with E-state index >= 15 is 0 Å². The second kappa shape index (κ2) is 8.16. The zero-order valence-electron chi connectivity index (χ0n) is 14.2. The van der Waals surface area contributed by atoms with Crippen molar-refractivity contribution in [1.82, 2.24) is 14.8 Å². The van der Waals surface area contributed by atoms with Gasteiger partial charge in [-0.2, -0.15) is 0 Å². The fraction of sp³-hybridized carbons (Fsp3) is 0.316. The van der Waals surface area contributed by atoms with Crippen molar-refractivity contribution < 1.29 is 9.59 Å². The predicted molar refractivity (Wildman–Crippen MR) is 97.6 cm³/mol. The van der Waals surface area contributed by atoms with Crippen LogP contribution in [-0.4, -0.2) is 52.8 Å². The highest BCUT2D eigenvalue weighted by atomic mass is 32.2. The third kappa shape index (κ3) is 4.60. The molecule has 1 aliphatic heterocycles. The van der Waals surface area contributed by atoms with Gasteiger partial charge in [0.05, 0.1) is 0 Å². The van der Waals surface area contributed by atoms with Crippen LogP contribution in [0.15, 0.2) is 58.6 Å². The minimum Gasteiger partial charge on any atom is -0.341 e. The number of rotatable bonds is 3. The number of benzene rings is 1. The van der Waals surface area contributed by atoms with Crippen molar-refractivity contribution in [3.63, 3.8) is 0 Å². The fourth-order valence-corrected chi connectivity index (χ4v) is 3.59. The van der Waals surface area contributed by atoms with Gasteiger partial charge in [-0.25, -0.2) is 4.98 Å². The second-order valence-electron chi connectivity index (χ2n) is 5.95. The van der Waals surface area contributed by atoms with Crippen LogP contribution in [0.2, 0.25) is 0 Å². The van der Waals surface area contributed by atoms with Crippen LogP contribution in [0, 0.1) is 0 Å². The van der Waals surface area contributed by atoms with Crippen LogP contribution >= 0.6 is 11.8 Å². The molecule has 1 aromatic heterocycles. The van der Waals surface area contributed by atoms with E-state index in [0.717, 1.165) is 22.9 Å². The van der Waals surface area contributed by atoms with Gasteiger partial charge in [-0.15, -0.1) is 0 Å². The van der Waals surface area contributed by atoms with Gasteiger partial charge in [-0.05, 0) is 42.8 Å². The van der Waals surface area contributed by atoms with Gasteiger partial charge in [0, 0.05) is 49.8 Å². The lowest BCUT2D eigenvalue weighted by Gasteiger charge is -2.21. The summed E-state index contributed by atoms with van der Waals surface area (Å²) in [5.74, 6) is 0.102. The summed E-state index contributed by atoms with van der Waals surface area (Å²) in [5.41, 5.74) is 0.682. The third-order valence-electron chi connectivity index (χ3n) is 4.19. The normalized spacial score (nSPS) is 14.9. The molecule has 2 aromatic rings. The number of amides is 2. The lowest BCUT2D eigenvalue weighted by Crippen LogP contribution is -2.36. The summed E-state index contributed by atoms with van der Waals surface area (Å²) >= 11 is 1.57. The van der Waals surface area contributed by atoms with E-state index in [1.807, 2.05) is 47.4 Å². The van der Waals surface area contributed by atoms with Crippen molar-refractivity contribution in [2.45, 2.75) is 23.3 Å². The summed E-state index contributed by atoms with van der Waals surface area (Å²) in [4.78, 5) is 33.2. The fourth-order valence-electron chi connectivity index (χ4n) is 2.81. The van der Waals surface area contributed by atoms with Crippen molar-refractivity contribution in [3.05, 3.63) is 54.2 Å². The molecule has 0 spiro atoms. The Labute approximate surface area is 152 Å². The van der Waals surface area contributed by atoms with Crippen LogP contribution in [0.4, 0.5) is 0 Å². The first-order valence-electron chi connectivity index (χ1n) is 8.37. The first-order valence-corrected chi connectivity index (χ1v) is 9.19. The Morgan fingerprint density at radius 1 is 0.960 bits per heavy atom. The molecule has 2 heterocycles. The molecule has 1 saturated heterocycles. The topological polar surface area (TPSA) is 53.5 Å². The Morgan fingerprint density at radius 2 is 1.68 bits per heavy atom. The lowest BCUT2D eigenvalue weighted by molar-refractivity contribution is -0.128. The number of aromatic nitrogens is 1. The number of hydrogen-bond donors (Lipinski definition) is 0. The van der Waals surface area contributed by atoms with Gasteiger partial charge in [-0.3, -0.25) is 9.59 Å². The Morgan fingerprint density at radius 3 is 2.36 bits per heavy atom. The van der Waals surface area contributed by atoms with E-state index in [0.29, 0.717) is 25.2 Å². The highest BCUT2D eigenvalue weighted by Gasteiger charge is 2.21. The Hall–Kier alpha value is -2.34. The van der Waals surface area contributed by atoms with Gasteiger partial charge in [-0.1, -0.05) is 17.8 Å². The van der Waals surface area contributed by atoms with Crippen LogP contribution in [-0.2, 0) is 4.79 Å². The molecule has 0 aliphatic carbocycles. The molecule has 1 aromatic carbocycles. The Kier molecular flexibility index (Phi) is 5.71. The molecule has 0 atom stereocenters. The van der Waals surface area contributed by atoms with E-state index in [9.17, 15) is 9.59 Å². The molecular formula is C19H21N3O2S. The number of pyridine rings is 1. The molecule has 3 rings (SSSR count). The molecule has 1 fully saturated rings. The third-order valence-corrected chi connectivity index (χ3v) is 5.15. The molecule has 25 heavy (non-hydrogen) atoms. The quantitative estimate of drug-likeness (QED) is 0.849. The van der Waals surface area contributed by atoms with Crippen molar-refractivity contribution in [3.8, 4) is 0 Å². The molecule has 0 radical (unpaired) electrons. The SMILES string of the molecule is CC(=O)N1CCCN(C(=O)c2ccc(Sc3ccccn3)cc2)CC1. The van der Waals surface area contributed by atoms with E-state index in [1.165, 1.54) is 0 Å². The number of carbonyl (C=O) groups excluding carboxylic acids is 2. The molecule has 0 N–H and O–H groups in total. The van der Waals surface area contributed by atoms with E-state index in [2.05, 4.69) is 4.98 Å². The summed E-state index contributed by atoms with van der Waals surface area (Å²) in [6.45, 7) is 4.18. The minimum absolute atomic E-state index is 0.0276. The van der Waals surface area contributed by atoms with E-state index in [-0.39, 0.29) is 11.8 Å². The lowest BCUT2D eigenvalue weighted by atomic mass is 10.2. The Balaban J connectivity index is 1.63. The average molecular weight is 355 g/mol. The molecule has 5 nitrogen and oxygen atoms in total. The molecule has 0 saturated carbocycles. The van der Waals surface area contributed by atoms with Crippen LogP contribution in [0.25, 0.3) is 0 Å². The average Bonchev–Trinajstić information content (AvgIpc) is 2.89. The smallest absolute Gasteiger partial charge is 0.253 e. The van der Waals surface area contributed by atoms with Crippen LogP contribution in [0.3, 0.4) is 0 Å². The monoisotopic (exact) mass is 355 g/mol. The van der Waals surface area contributed by atoms with Gasteiger partial charge in [0.25, 0.3) is 5.91 Å². The van der Waals surface area contributed by atoms with Crippen molar-refractivity contribution in [2.24, 2.45) is 0 Å². The van der Waals surface area contributed by atoms with E-state index in [4.69, 9.17) is 0 Å². The van der Waals surface area contributed by atoms with E-state index < -0.39 is 0 Å². The molecule has 130 valence electrons. The zero-order valence-corrected chi connectivity index (χ0v) is 15.0. The second-order valence-corrected chi connectivity index (χ2v) is 7.04. The first kappa shape index (κ1) is 17.5. The predicted octanol–water partition coefficient (Wildman–Crippen LogP) is 2.93. The van der Waals surface area contributed by atoms with Crippen LogP contribution in [0.1, 0.15) is 23.7 Å². The highest BCUT2D eigenvalue weighted by molar-refractivity contribution is 7.99. The first-order chi connectivity index (χ1) is 12.1. The molecule has 0 bridgehead atoms. The minimum atomic E-state index is 0.0276. The maximum atomic E-state index is 12.7. The molecule has 1 aliphatic rings. The maximum absolute atomic E-state index is 12.7. The van der Waals surface area contributed by atoms with Gasteiger partial charge >= 0.3 is 0 Å². The van der Waals surface area contributed by atoms with Gasteiger partial charge in [0.15, 0.2) is 0 Å². The number of hydrogen-bond acceptors (Lipinski definition) is 4. The van der Waals surface area contributed by atoms with Crippen LogP contribution < -0.4 is 0 Å². The largest absolute Gasteiger partial charge is 0.341 e. The van der Waals surface area contributed by atoms with Gasteiger partial charge in [0.1, 0.15) is 5.03 Å². The summed E-state index contributed by atoms with van der Waals surface area (Å²) < 4.78 is 0. The maximum Gasteiger partial charge on any atom is 0.253 e. The summed E-state index contributed by atoms with van der Waals surface area (Å²) in [6.07, 6.45) is 2.59. The highest BCUT2D eigenvalue weighted by Crippen LogP contribution is 2.26. The number of carbonyl (C=O) groups is 2.